The standard InChI is InChI=1S/C25H19FN2O6.Na/c1-32-17-7-4-15(5-8-17)24(29)18(11-14-3-10-22(33-2)19(26)12-14)23(25(30)31)16-6-9-20-21(13-16)28-34-27-20;/h3-10,12-13H,11H2,1-2H3,(H,30,31);/q;+1/p-1/b23-18+;. The number of carbonyl (C=O) groups excluding carboxylic acids is 2. The summed E-state index contributed by atoms with van der Waals surface area (Å²) in [6, 6.07) is 14.8. The summed E-state index contributed by atoms with van der Waals surface area (Å²) in [5, 5.41) is 19.8. The predicted octanol–water partition coefficient (Wildman–Crippen LogP) is 0.0122. The molecule has 1 aromatic heterocycles. The molecule has 0 fully saturated rings. The number of ether oxygens (including phenoxy) is 2. The van der Waals surface area contributed by atoms with Crippen molar-refractivity contribution in [2.24, 2.45) is 0 Å². The van der Waals surface area contributed by atoms with Gasteiger partial charge in [-0.2, -0.15) is 0 Å². The fraction of sp³-hybridized carbons (Fsp3) is 0.120. The van der Waals surface area contributed by atoms with E-state index in [4.69, 9.17) is 9.47 Å². The third-order valence-electron chi connectivity index (χ3n) is 5.27. The third-order valence-corrected chi connectivity index (χ3v) is 5.27. The SMILES string of the molecule is COc1ccc(C(=O)/C(Cc2ccc(OC)c(F)c2)=C(/C(=O)[O-])c2ccc3nonc3c2)cc1.[Na+]. The van der Waals surface area contributed by atoms with Gasteiger partial charge in [-0.15, -0.1) is 0 Å². The number of aliphatic carboxylic acids is 1. The summed E-state index contributed by atoms with van der Waals surface area (Å²) in [5.41, 5.74) is 1.07. The molecule has 172 valence electrons. The molecule has 35 heavy (non-hydrogen) atoms. The van der Waals surface area contributed by atoms with Crippen LogP contribution in [0.15, 0.2) is 70.9 Å². The Bertz CT molecular complexity index is 1420. The van der Waals surface area contributed by atoms with Crippen LogP contribution in [0, 0.1) is 5.82 Å². The van der Waals surface area contributed by atoms with Gasteiger partial charge in [0.25, 0.3) is 0 Å². The molecule has 0 unspecified atom stereocenters. The first-order valence-corrected chi connectivity index (χ1v) is 10.1. The molecule has 0 amide bonds. The van der Waals surface area contributed by atoms with Crippen LogP contribution in [0.5, 0.6) is 11.5 Å². The van der Waals surface area contributed by atoms with E-state index in [0.717, 1.165) is 0 Å². The fourth-order valence-electron chi connectivity index (χ4n) is 3.58. The summed E-state index contributed by atoms with van der Waals surface area (Å²) in [6.45, 7) is 0. The number of halogens is 1. The van der Waals surface area contributed by atoms with Crippen LogP contribution in [0.4, 0.5) is 4.39 Å². The number of methoxy groups -OCH3 is 2. The number of nitrogens with zero attached hydrogens (tertiary/aromatic N) is 2. The Hall–Kier alpha value is -3.53. The number of aromatic nitrogens is 2. The van der Waals surface area contributed by atoms with Gasteiger partial charge in [0.2, 0.25) is 0 Å². The number of carbonyl (C=O) groups is 2. The largest absolute Gasteiger partial charge is 1.00 e. The molecule has 3 aromatic carbocycles. The van der Waals surface area contributed by atoms with Crippen molar-refractivity contribution in [3.05, 3.63) is 88.7 Å². The number of Topliss-reactive ketones (excluding diaryl/α,β-unsaturated/α-hetero) is 1. The minimum Gasteiger partial charge on any atom is -0.545 e. The van der Waals surface area contributed by atoms with E-state index in [-0.39, 0.29) is 64.0 Å². The van der Waals surface area contributed by atoms with E-state index in [9.17, 15) is 19.1 Å². The van der Waals surface area contributed by atoms with Gasteiger partial charge in [-0.1, -0.05) is 12.1 Å². The number of carboxylic acid groups (broad SMARTS) is 1. The number of hydrogen-bond donors (Lipinski definition) is 0. The van der Waals surface area contributed by atoms with E-state index in [1.807, 2.05) is 0 Å². The predicted molar refractivity (Wildman–Crippen MR) is 118 cm³/mol. The molecule has 0 aliphatic heterocycles. The number of fused-ring (bicyclic) bond motifs is 1. The van der Waals surface area contributed by atoms with Gasteiger partial charge in [0, 0.05) is 23.1 Å². The average Bonchev–Trinajstić information content (AvgIpc) is 3.31. The van der Waals surface area contributed by atoms with Gasteiger partial charge >= 0.3 is 29.6 Å². The van der Waals surface area contributed by atoms with Crippen molar-refractivity contribution in [1.29, 1.82) is 0 Å². The first-order chi connectivity index (χ1) is 16.4. The molecule has 10 heteroatoms. The Labute approximate surface area is 221 Å². The molecular formula is C25H18FN2NaO6. The molecule has 0 saturated carbocycles. The van der Waals surface area contributed by atoms with Crippen molar-refractivity contribution in [3.8, 4) is 11.5 Å². The van der Waals surface area contributed by atoms with Gasteiger partial charge < -0.3 is 19.4 Å². The molecule has 0 aliphatic carbocycles. The number of rotatable bonds is 8. The summed E-state index contributed by atoms with van der Waals surface area (Å²) in [4.78, 5) is 25.8. The summed E-state index contributed by atoms with van der Waals surface area (Å²) < 4.78 is 29.1. The molecule has 0 aliphatic rings. The van der Waals surface area contributed by atoms with Gasteiger partial charge in [-0.25, -0.2) is 9.02 Å². The molecule has 1 heterocycles. The van der Waals surface area contributed by atoms with Crippen LogP contribution in [0.2, 0.25) is 0 Å². The van der Waals surface area contributed by atoms with Crippen molar-refractivity contribution in [2.75, 3.05) is 14.2 Å². The Morgan fingerprint density at radius 2 is 1.60 bits per heavy atom. The van der Waals surface area contributed by atoms with E-state index < -0.39 is 17.6 Å². The summed E-state index contributed by atoms with van der Waals surface area (Å²) in [6.07, 6.45) is -0.176. The third kappa shape index (κ3) is 5.59. The molecule has 0 radical (unpaired) electrons. The van der Waals surface area contributed by atoms with Crippen molar-refractivity contribution < 1.29 is 62.7 Å². The van der Waals surface area contributed by atoms with E-state index in [0.29, 0.717) is 22.3 Å². The average molecular weight is 484 g/mol. The topological polar surface area (TPSA) is 115 Å². The maximum absolute atomic E-state index is 14.3. The van der Waals surface area contributed by atoms with E-state index in [1.165, 1.54) is 56.7 Å². The Morgan fingerprint density at radius 1 is 0.914 bits per heavy atom. The maximum atomic E-state index is 14.3. The Morgan fingerprint density at radius 3 is 2.23 bits per heavy atom. The molecule has 0 spiro atoms. The molecule has 0 saturated heterocycles. The van der Waals surface area contributed by atoms with Crippen LogP contribution in [-0.2, 0) is 11.2 Å². The van der Waals surface area contributed by atoms with Crippen LogP contribution in [0.25, 0.3) is 16.6 Å². The zero-order valence-electron chi connectivity index (χ0n) is 19.2. The molecule has 0 atom stereocenters. The van der Waals surface area contributed by atoms with Crippen molar-refractivity contribution in [1.82, 2.24) is 10.3 Å². The summed E-state index contributed by atoms with van der Waals surface area (Å²) >= 11 is 0. The maximum Gasteiger partial charge on any atom is 1.00 e. The number of benzene rings is 3. The van der Waals surface area contributed by atoms with Crippen molar-refractivity contribution in [3.63, 3.8) is 0 Å². The summed E-state index contributed by atoms with van der Waals surface area (Å²) in [7, 11) is 2.82. The van der Waals surface area contributed by atoms with Crippen molar-refractivity contribution in [2.45, 2.75) is 6.42 Å². The Kier molecular flexibility index (Phi) is 8.39. The second kappa shape index (κ2) is 11.3. The Balaban J connectivity index is 0.00000342. The zero-order chi connectivity index (χ0) is 24.2. The normalized spacial score (nSPS) is 11.4. The second-order valence-corrected chi connectivity index (χ2v) is 7.31. The molecule has 4 aromatic rings. The van der Waals surface area contributed by atoms with E-state index in [2.05, 4.69) is 14.9 Å². The zero-order valence-corrected chi connectivity index (χ0v) is 21.2. The molecule has 8 nitrogen and oxygen atoms in total. The number of ketones is 1. The van der Waals surface area contributed by atoms with Crippen LogP contribution < -0.4 is 44.1 Å². The number of hydrogen-bond acceptors (Lipinski definition) is 8. The minimum atomic E-state index is -1.57. The molecule has 0 bridgehead atoms. The number of carboxylic acids is 1. The van der Waals surface area contributed by atoms with Gasteiger partial charge in [0.05, 0.1) is 20.2 Å². The molecule has 0 N–H and O–H groups in total. The van der Waals surface area contributed by atoms with Crippen molar-refractivity contribution >= 4 is 28.4 Å². The van der Waals surface area contributed by atoms with Gasteiger partial charge in [-0.3, -0.25) is 4.79 Å². The minimum absolute atomic E-state index is 0. The van der Waals surface area contributed by atoms with Gasteiger partial charge in [0.15, 0.2) is 17.3 Å². The molecular weight excluding hydrogens is 466 g/mol. The van der Waals surface area contributed by atoms with Crippen LogP contribution in [-0.4, -0.2) is 36.3 Å². The molecule has 4 rings (SSSR count). The quantitative estimate of drug-likeness (QED) is 0.195. The number of allylic oxidation sites excluding steroid dienone is 1. The van der Waals surface area contributed by atoms with E-state index >= 15 is 0 Å². The second-order valence-electron chi connectivity index (χ2n) is 7.31. The fourth-order valence-corrected chi connectivity index (χ4v) is 3.58. The first-order valence-electron chi connectivity index (χ1n) is 10.1. The first kappa shape index (κ1) is 26.1. The smallest absolute Gasteiger partial charge is 0.545 e. The monoisotopic (exact) mass is 484 g/mol. The van der Waals surface area contributed by atoms with Gasteiger partial charge in [-0.05, 0) is 70.0 Å². The van der Waals surface area contributed by atoms with Crippen LogP contribution in [0.3, 0.4) is 0 Å². The summed E-state index contributed by atoms with van der Waals surface area (Å²) in [5.74, 6) is -2.21. The van der Waals surface area contributed by atoms with Crippen LogP contribution in [0.1, 0.15) is 21.5 Å². The van der Waals surface area contributed by atoms with Crippen LogP contribution >= 0.6 is 0 Å². The van der Waals surface area contributed by atoms with Gasteiger partial charge in [0.1, 0.15) is 16.8 Å². The van der Waals surface area contributed by atoms with E-state index in [1.54, 1.807) is 18.2 Å².